The highest BCUT2D eigenvalue weighted by Gasteiger charge is 2.16. The lowest BCUT2D eigenvalue weighted by atomic mass is 10.1. The molecule has 1 aromatic carbocycles. The molecular weight excluding hydrogens is 229 g/mol. The van der Waals surface area contributed by atoms with E-state index in [1.807, 2.05) is 6.92 Å². The van der Waals surface area contributed by atoms with Gasteiger partial charge in [0, 0.05) is 12.1 Å². The van der Waals surface area contributed by atoms with Crippen molar-refractivity contribution in [2.45, 2.75) is 39.2 Å². The lowest BCUT2D eigenvalue weighted by Crippen LogP contribution is -2.14. The van der Waals surface area contributed by atoms with E-state index in [9.17, 15) is 4.39 Å². The summed E-state index contributed by atoms with van der Waals surface area (Å²) in [6.07, 6.45) is 5.18. The summed E-state index contributed by atoms with van der Waals surface area (Å²) < 4.78 is 19.1. The molecule has 0 radical (unpaired) electrons. The standard InChI is InChI=1S/C15H22FNO/c1-2-17-10-13-9-14(16)7-8-15(13)18-11-12-5-3-4-6-12/h7-9,12,17H,2-6,10-11H2,1H3. The Morgan fingerprint density at radius 1 is 1.33 bits per heavy atom. The van der Waals surface area contributed by atoms with Gasteiger partial charge in [0.25, 0.3) is 0 Å². The number of benzene rings is 1. The van der Waals surface area contributed by atoms with Crippen LogP contribution >= 0.6 is 0 Å². The topological polar surface area (TPSA) is 21.3 Å². The molecule has 0 unspecified atom stereocenters. The van der Waals surface area contributed by atoms with Gasteiger partial charge >= 0.3 is 0 Å². The van der Waals surface area contributed by atoms with Gasteiger partial charge in [0.05, 0.1) is 6.61 Å². The van der Waals surface area contributed by atoms with Crippen LogP contribution in [0.2, 0.25) is 0 Å². The summed E-state index contributed by atoms with van der Waals surface area (Å²) in [4.78, 5) is 0. The lowest BCUT2D eigenvalue weighted by molar-refractivity contribution is 0.249. The number of nitrogens with one attached hydrogen (secondary N) is 1. The molecule has 1 fully saturated rings. The minimum Gasteiger partial charge on any atom is -0.493 e. The average Bonchev–Trinajstić information content (AvgIpc) is 2.88. The van der Waals surface area contributed by atoms with Crippen LogP contribution in [0.1, 0.15) is 38.2 Å². The highest BCUT2D eigenvalue weighted by molar-refractivity contribution is 5.33. The Labute approximate surface area is 109 Å². The van der Waals surface area contributed by atoms with Gasteiger partial charge in [-0.3, -0.25) is 0 Å². The zero-order valence-corrected chi connectivity index (χ0v) is 11.0. The quantitative estimate of drug-likeness (QED) is 0.835. The molecule has 1 aliphatic rings. The van der Waals surface area contributed by atoms with E-state index < -0.39 is 0 Å². The molecular formula is C15H22FNO. The van der Waals surface area contributed by atoms with Crippen molar-refractivity contribution < 1.29 is 9.13 Å². The smallest absolute Gasteiger partial charge is 0.123 e. The van der Waals surface area contributed by atoms with Crippen LogP contribution in [0.3, 0.4) is 0 Å². The molecule has 0 aromatic heterocycles. The fourth-order valence-electron chi connectivity index (χ4n) is 2.47. The van der Waals surface area contributed by atoms with Gasteiger partial charge in [-0.05, 0) is 43.5 Å². The summed E-state index contributed by atoms with van der Waals surface area (Å²) in [6.45, 7) is 4.34. The van der Waals surface area contributed by atoms with Crippen LogP contribution in [0, 0.1) is 11.7 Å². The largest absolute Gasteiger partial charge is 0.493 e. The molecule has 1 aliphatic carbocycles. The molecule has 0 spiro atoms. The molecule has 1 N–H and O–H groups in total. The number of hydrogen-bond donors (Lipinski definition) is 1. The van der Waals surface area contributed by atoms with E-state index in [0.29, 0.717) is 12.5 Å². The summed E-state index contributed by atoms with van der Waals surface area (Å²) >= 11 is 0. The molecule has 0 saturated heterocycles. The molecule has 100 valence electrons. The van der Waals surface area contributed by atoms with Crippen LogP contribution in [-0.2, 0) is 6.54 Å². The Hall–Kier alpha value is -1.09. The Morgan fingerprint density at radius 3 is 2.83 bits per heavy atom. The number of ether oxygens (including phenoxy) is 1. The fourth-order valence-corrected chi connectivity index (χ4v) is 2.47. The molecule has 0 aliphatic heterocycles. The first-order chi connectivity index (χ1) is 8.79. The maximum absolute atomic E-state index is 13.2. The summed E-state index contributed by atoms with van der Waals surface area (Å²) in [5, 5.41) is 3.21. The van der Waals surface area contributed by atoms with E-state index in [-0.39, 0.29) is 5.82 Å². The molecule has 3 heteroatoms. The summed E-state index contributed by atoms with van der Waals surface area (Å²) in [7, 11) is 0. The summed E-state index contributed by atoms with van der Waals surface area (Å²) in [6, 6.07) is 4.78. The average molecular weight is 251 g/mol. The predicted octanol–water partition coefficient (Wildman–Crippen LogP) is 3.50. The zero-order valence-electron chi connectivity index (χ0n) is 11.0. The zero-order chi connectivity index (χ0) is 12.8. The first kappa shape index (κ1) is 13.3. The van der Waals surface area contributed by atoms with Gasteiger partial charge in [-0.25, -0.2) is 4.39 Å². The molecule has 18 heavy (non-hydrogen) atoms. The summed E-state index contributed by atoms with van der Waals surface area (Å²) in [5.41, 5.74) is 0.912. The maximum Gasteiger partial charge on any atom is 0.123 e. The van der Waals surface area contributed by atoms with Gasteiger partial charge < -0.3 is 10.1 Å². The van der Waals surface area contributed by atoms with Crippen molar-refractivity contribution in [2.75, 3.05) is 13.2 Å². The Kier molecular flexibility index (Phi) is 5.00. The van der Waals surface area contributed by atoms with E-state index >= 15 is 0 Å². The van der Waals surface area contributed by atoms with Gasteiger partial charge in [0.2, 0.25) is 0 Å². The fraction of sp³-hybridized carbons (Fsp3) is 0.600. The van der Waals surface area contributed by atoms with E-state index in [1.165, 1.54) is 31.7 Å². The molecule has 1 saturated carbocycles. The minimum absolute atomic E-state index is 0.198. The second kappa shape index (κ2) is 6.74. The number of rotatable bonds is 6. The molecule has 1 aromatic rings. The van der Waals surface area contributed by atoms with E-state index in [2.05, 4.69) is 5.32 Å². The van der Waals surface area contributed by atoms with Gasteiger partial charge in [0.15, 0.2) is 0 Å². The third-order valence-corrected chi connectivity index (χ3v) is 3.54. The number of halogens is 1. The minimum atomic E-state index is -0.198. The second-order valence-electron chi connectivity index (χ2n) is 4.99. The van der Waals surface area contributed by atoms with Crippen LogP contribution in [0.25, 0.3) is 0 Å². The predicted molar refractivity (Wildman–Crippen MR) is 71.2 cm³/mol. The van der Waals surface area contributed by atoms with Crippen molar-refractivity contribution in [3.63, 3.8) is 0 Å². The molecule has 0 bridgehead atoms. The van der Waals surface area contributed by atoms with E-state index in [4.69, 9.17) is 4.74 Å². The van der Waals surface area contributed by atoms with Crippen LogP contribution < -0.4 is 10.1 Å². The molecule has 2 nitrogen and oxygen atoms in total. The van der Waals surface area contributed by atoms with Crippen molar-refractivity contribution in [1.29, 1.82) is 0 Å². The third-order valence-electron chi connectivity index (χ3n) is 3.54. The molecule has 0 atom stereocenters. The third kappa shape index (κ3) is 3.70. The summed E-state index contributed by atoms with van der Waals surface area (Å²) in [5.74, 6) is 1.31. The van der Waals surface area contributed by atoms with Crippen LogP contribution in [0.5, 0.6) is 5.75 Å². The van der Waals surface area contributed by atoms with Crippen LogP contribution in [-0.4, -0.2) is 13.2 Å². The maximum atomic E-state index is 13.2. The SMILES string of the molecule is CCNCc1cc(F)ccc1OCC1CCCC1. The van der Waals surface area contributed by atoms with E-state index in [1.54, 1.807) is 12.1 Å². The number of hydrogen-bond acceptors (Lipinski definition) is 2. The van der Waals surface area contributed by atoms with E-state index in [0.717, 1.165) is 24.5 Å². The van der Waals surface area contributed by atoms with Crippen molar-refractivity contribution >= 4 is 0 Å². The Morgan fingerprint density at radius 2 is 2.11 bits per heavy atom. The first-order valence-electron chi connectivity index (χ1n) is 6.91. The Balaban J connectivity index is 1.96. The van der Waals surface area contributed by atoms with Crippen molar-refractivity contribution in [3.8, 4) is 5.75 Å². The highest BCUT2D eigenvalue weighted by Crippen LogP contribution is 2.27. The molecule has 2 rings (SSSR count). The van der Waals surface area contributed by atoms with Crippen molar-refractivity contribution in [2.24, 2.45) is 5.92 Å². The Bertz CT molecular complexity index is 375. The van der Waals surface area contributed by atoms with Crippen molar-refractivity contribution in [3.05, 3.63) is 29.6 Å². The van der Waals surface area contributed by atoms with Gasteiger partial charge in [-0.2, -0.15) is 0 Å². The van der Waals surface area contributed by atoms with Crippen LogP contribution in [0.15, 0.2) is 18.2 Å². The normalized spacial score (nSPS) is 16.1. The highest BCUT2D eigenvalue weighted by atomic mass is 19.1. The molecule has 0 heterocycles. The van der Waals surface area contributed by atoms with Gasteiger partial charge in [-0.1, -0.05) is 19.8 Å². The van der Waals surface area contributed by atoms with Crippen molar-refractivity contribution in [1.82, 2.24) is 5.32 Å². The van der Waals surface area contributed by atoms with Gasteiger partial charge in [-0.15, -0.1) is 0 Å². The first-order valence-corrected chi connectivity index (χ1v) is 6.91. The second-order valence-corrected chi connectivity index (χ2v) is 4.99. The molecule has 0 amide bonds. The van der Waals surface area contributed by atoms with Gasteiger partial charge in [0.1, 0.15) is 11.6 Å². The lowest BCUT2D eigenvalue weighted by Gasteiger charge is -2.15. The van der Waals surface area contributed by atoms with Crippen LogP contribution in [0.4, 0.5) is 4.39 Å². The monoisotopic (exact) mass is 251 g/mol.